The Morgan fingerprint density at radius 3 is 3.38 bits per heavy atom. The predicted octanol–water partition coefficient (Wildman–Crippen LogP) is 1.13. The van der Waals surface area contributed by atoms with Crippen LogP contribution in [0.2, 0.25) is 0 Å². The molecule has 0 radical (unpaired) electrons. The lowest BCUT2D eigenvalue weighted by Crippen LogP contribution is -2.27. The van der Waals surface area contributed by atoms with E-state index < -0.39 is 0 Å². The molecule has 0 amide bonds. The van der Waals surface area contributed by atoms with Crippen molar-refractivity contribution in [3.05, 3.63) is 17.7 Å². The van der Waals surface area contributed by atoms with Gasteiger partial charge in [0.2, 0.25) is 0 Å². The summed E-state index contributed by atoms with van der Waals surface area (Å²) in [4.78, 5) is 4.51. The van der Waals surface area contributed by atoms with Crippen LogP contribution in [0.25, 0.3) is 0 Å². The van der Waals surface area contributed by atoms with E-state index in [1.165, 1.54) is 17.8 Å². The third-order valence-corrected chi connectivity index (χ3v) is 3.90. The van der Waals surface area contributed by atoms with Gasteiger partial charge in [0.15, 0.2) is 0 Å². The fourth-order valence-electron chi connectivity index (χ4n) is 2.77. The lowest BCUT2D eigenvalue weighted by atomic mass is 10.00. The van der Waals surface area contributed by atoms with Crippen LogP contribution in [0, 0.1) is 5.92 Å². The first kappa shape index (κ1) is 10.3. The average Bonchev–Trinajstić information content (AvgIpc) is 2.98. The summed E-state index contributed by atoms with van der Waals surface area (Å²) in [5.41, 5.74) is 2.66. The van der Waals surface area contributed by atoms with Crippen molar-refractivity contribution in [3.8, 4) is 0 Å². The number of ether oxygens (including phenoxy) is 1. The number of nitrogens with one attached hydrogen (secondary N) is 1. The summed E-state index contributed by atoms with van der Waals surface area (Å²) in [6.07, 6.45) is 4.31. The van der Waals surface area contributed by atoms with Crippen LogP contribution in [0.5, 0.6) is 0 Å². The van der Waals surface area contributed by atoms with Crippen molar-refractivity contribution < 1.29 is 4.74 Å². The molecule has 2 aliphatic rings. The summed E-state index contributed by atoms with van der Waals surface area (Å²) in [6, 6.07) is 0.525. The third kappa shape index (κ3) is 1.66. The molecule has 2 aliphatic heterocycles. The van der Waals surface area contributed by atoms with Crippen molar-refractivity contribution in [3.63, 3.8) is 0 Å². The summed E-state index contributed by atoms with van der Waals surface area (Å²) in [7, 11) is 0. The maximum absolute atomic E-state index is 5.47. The molecule has 4 heteroatoms. The van der Waals surface area contributed by atoms with E-state index in [2.05, 4.69) is 21.8 Å². The summed E-state index contributed by atoms with van der Waals surface area (Å²) >= 11 is 0. The minimum Gasteiger partial charge on any atom is -0.381 e. The minimum absolute atomic E-state index is 0.525. The Morgan fingerprint density at radius 2 is 2.56 bits per heavy atom. The van der Waals surface area contributed by atoms with Crippen LogP contribution in [0.1, 0.15) is 30.8 Å². The third-order valence-electron chi connectivity index (χ3n) is 3.90. The van der Waals surface area contributed by atoms with Crippen molar-refractivity contribution in [2.75, 3.05) is 19.8 Å². The van der Waals surface area contributed by atoms with Gasteiger partial charge >= 0.3 is 0 Å². The van der Waals surface area contributed by atoms with Crippen molar-refractivity contribution in [2.24, 2.45) is 5.92 Å². The molecule has 1 N–H and O–H groups in total. The Morgan fingerprint density at radius 1 is 1.62 bits per heavy atom. The number of rotatable bonds is 2. The molecule has 1 saturated heterocycles. The Kier molecular flexibility index (Phi) is 2.69. The molecule has 1 aromatic heterocycles. The number of hydrogen-bond donors (Lipinski definition) is 1. The van der Waals surface area contributed by atoms with E-state index in [1.54, 1.807) is 0 Å². The molecule has 0 bridgehead atoms. The van der Waals surface area contributed by atoms with Gasteiger partial charge in [-0.15, -0.1) is 0 Å². The molecule has 0 aliphatic carbocycles. The van der Waals surface area contributed by atoms with Gasteiger partial charge in [-0.05, 0) is 13.3 Å². The molecule has 4 nitrogen and oxygen atoms in total. The predicted molar refractivity (Wildman–Crippen MR) is 61.3 cm³/mol. The lowest BCUT2D eigenvalue weighted by molar-refractivity contribution is 0.174. The van der Waals surface area contributed by atoms with E-state index >= 15 is 0 Å². The second-order valence-electron chi connectivity index (χ2n) is 4.84. The Labute approximate surface area is 96.0 Å². The smallest absolute Gasteiger partial charge is 0.0954 e. The molecule has 2 unspecified atom stereocenters. The fourth-order valence-corrected chi connectivity index (χ4v) is 2.77. The van der Waals surface area contributed by atoms with Gasteiger partial charge in [-0.25, -0.2) is 4.98 Å². The minimum atomic E-state index is 0.525. The summed E-state index contributed by atoms with van der Waals surface area (Å²) in [5.74, 6) is 0.660. The Hall–Kier alpha value is -0.870. The highest BCUT2D eigenvalue weighted by atomic mass is 16.5. The Balaban J connectivity index is 1.85. The van der Waals surface area contributed by atoms with Crippen molar-refractivity contribution in [1.29, 1.82) is 0 Å². The van der Waals surface area contributed by atoms with Gasteiger partial charge in [-0.3, -0.25) is 0 Å². The molecular formula is C12H19N3O. The Bertz CT molecular complexity index is 368. The lowest BCUT2D eigenvalue weighted by Gasteiger charge is -2.23. The maximum Gasteiger partial charge on any atom is 0.0954 e. The first-order chi connectivity index (χ1) is 7.86. The van der Waals surface area contributed by atoms with Crippen LogP contribution in [0.4, 0.5) is 0 Å². The average molecular weight is 221 g/mol. The molecule has 88 valence electrons. The number of imidazole rings is 1. The van der Waals surface area contributed by atoms with Gasteiger partial charge in [0.05, 0.1) is 18.6 Å². The second-order valence-corrected chi connectivity index (χ2v) is 4.84. The van der Waals surface area contributed by atoms with Crippen LogP contribution in [-0.2, 0) is 17.7 Å². The summed E-state index contributed by atoms with van der Waals surface area (Å²) in [6.45, 7) is 6.13. The van der Waals surface area contributed by atoms with Crippen LogP contribution in [-0.4, -0.2) is 29.3 Å². The molecule has 0 saturated carbocycles. The number of nitrogens with zero attached hydrogens (tertiary/aromatic N) is 2. The van der Waals surface area contributed by atoms with Crippen molar-refractivity contribution in [2.45, 2.75) is 32.4 Å². The molecule has 16 heavy (non-hydrogen) atoms. The molecule has 2 atom stereocenters. The van der Waals surface area contributed by atoms with Crippen molar-refractivity contribution in [1.82, 2.24) is 14.9 Å². The molecule has 3 rings (SSSR count). The van der Waals surface area contributed by atoms with E-state index in [1.807, 2.05) is 6.33 Å². The maximum atomic E-state index is 5.47. The molecule has 3 heterocycles. The molecule has 0 spiro atoms. The first-order valence-corrected chi connectivity index (χ1v) is 6.19. The van der Waals surface area contributed by atoms with E-state index in [4.69, 9.17) is 4.74 Å². The molecular weight excluding hydrogens is 202 g/mol. The van der Waals surface area contributed by atoms with Gasteiger partial charge in [0, 0.05) is 43.8 Å². The second kappa shape index (κ2) is 4.18. The van der Waals surface area contributed by atoms with E-state index in [0.29, 0.717) is 12.0 Å². The quantitative estimate of drug-likeness (QED) is 0.813. The van der Waals surface area contributed by atoms with Gasteiger partial charge in [-0.1, -0.05) is 0 Å². The van der Waals surface area contributed by atoms with Crippen LogP contribution in [0.15, 0.2) is 6.33 Å². The highest BCUT2D eigenvalue weighted by molar-refractivity contribution is 5.17. The number of fused-ring (bicyclic) bond motifs is 1. The highest BCUT2D eigenvalue weighted by Crippen LogP contribution is 2.28. The van der Waals surface area contributed by atoms with E-state index in [9.17, 15) is 0 Å². The number of aromatic nitrogens is 2. The van der Waals surface area contributed by atoms with Crippen molar-refractivity contribution >= 4 is 0 Å². The zero-order valence-corrected chi connectivity index (χ0v) is 9.78. The number of hydrogen-bond acceptors (Lipinski definition) is 3. The molecule has 1 fully saturated rings. The van der Waals surface area contributed by atoms with E-state index in [0.717, 1.165) is 32.7 Å². The monoisotopic (exact) mass is 221 g/mol. The summed E-state index contributed by atoms with van der Waals surface area (Å²) < 4.78 is 7.84. The summed E-state index contributed by atoms with van der Waals surface area (Å²) in [5, 5.41) is 3.36. The normalized spacial score (nSPS) is 26.7. The first-order valence-electron chi connectivity index (χ1n) is 6.19. The zero-order chi connectivity index (χ0) is 11.0. The van der Waals surface area contributed by atoms with E-state index in [-0.39, 0.29) is 0 Å². The van der Waals surface area contributed by atoms with Crippen LogP contribution < -0.4 is 5.32 Å². The van der Waals surface area contributed by atoms with Gasteiger partial charge in [-0.2, -0.15) is 0 Å². The van der Waals surface area contributed by atoms with Gasteiger partial charge < -0.3 is 14.6 Å². The topological polar surface area (TPSA) is 39.1 Å². The van der Waals surface area contributed by atoms with Gasteiger partial charge in [0.25, 0.3) is 0 Å². The van der Waals surface area contributed by atoms with Crippen LogP contribution >= 0.6 is 0 Å². The zero-order valence-electron chi connectivity index (χ0n) is 9.78. The SMILES string of the molecule is CC(C1CCOC1)n1cnc2c1CCNC2. The standard InChI is InChI=1S/C12H19N3O/c1-9(10-3-5-16-7-10)15-8-14-11-6-13-4-2-12(11)15/h8-10,13H,2-7H2,1H3. The fraction of sp³-hybridized carbons (Fsp3) is 0.750. The highest BCUT2D eigenvalue weighted by Gasteiger charge is 2.26. The largest absolute Gasteiger partial charge is 0.381 e. The molecule has 0 aromatic carbocycles. The van der Waals surface area contributed by atoms with Gasteiger partial charge in [0.1, 0.15) is 0 Å². The van der Waals surface area contributed by atoms with Crippen LogP contribution in [0.3, 0.4) is 0 Å². The molecule has 1 aromatic rings.